The molecule has 0 aliphatic carbocycles. The first kappa shape index (κ1) is 20.2. The summed E-state index contributed by atoms with van der Waals surface area (Å²) in [5, 5.41) is 1.23. The monoisotopic (exact) mass is 397 g/mol. The molecule has 0 spiro atoms. The first-order chi connectivity index (χ1) is 14.0. The summed E-state index contributed by atoms with van der Waals surface area (Å²) in [6, 6.07) is 21.9. The first-order valence-corrected chi connectivity index (χ1v) is 11.0. The third-order valence-corrected chi connectivity index (χ3v) is 6.48. The van der Waals surface area contributed by atoms with Crippen LogP contribution in [0.1, 0.15) is 38.0 Å². The Bertz CT molecular complexity index is 1170. The van der Waals surface area contributed by atoms with Gasteiger partial charge in [-0.15, -0.1) is 0 Å². The van der Waals surface area contributed by atoms with Crippen LogP contribution in [0, 0.1) is 12.7 Å². The Labute approximate surface area is 190 Å². The fourth-order valence-corrected chi connectivity index (χ4v) is 5.22. The van der Waals surface area contributed by atoms with E-state index in [2.05, 4.69) is 42.7 Å². The van der Waals surface area contributed by atoms with Gasteiger partial charge in [-0.05, 0) is 0 Å². The Morgan fingerprint density at radius 3 is 2.48 bits per heavy atom. The molecule has 4 aromatic rings. The van der Waals surface area contributed by atoms with Gasteiger partial charge in [0.2, 0.25) is 0 Å². The maximum Gasteiger partial charge on any atom is 0 e. The summed E-state index contributed by atoms with van der Waals surface area (Å²) in [5.41, 5.74) is 5.28. The van der Waals surface area contributed by atoms with Gasteiger partial charge in [-0.1, -0.05) is 0 Å². The molecule has 4 heteroatoms. The van der Waals surface area contributed by atoms with Gasteiger partial charge in [0.05, 0.1) is 0 Å². The SMILES string of the molecule is Cc1cc(-n2c(C(C)C)[c]([Na])c3cc(OCc4ccccc4)ccc32)ccc1F.[HH]. The van der Waals surface area contributed by atoms with Crippen molar-refractivity contribution < 1.29 is 10.6 Å². The molecule has 0 bridgehead atoms. The summed E-state index contributed by atoms with van der Waals surface area (Å²) < 4.78 is 23.6. The average molecular weight is 397 g/mol. The van der Waals surface area contributed by atoms with Crippen LogP contribution in [0.4, 0.5) is 4.39 Å². The number of aryl methyl sites for hydroxylation is 1. The predicted molar refractivity (Wildman–Crippen MR) is 120 cm³/mol. The van der Waals surface area contributed by atoms with Gasteiger partial charge >= 0.3 is 189 Å². The van der Waals surface area contributed by atoms with E-state index in [-0.39, 0.29) is 7.24 Å². The molecule has 0 unspecified atom stereocenters. The zero-order valence-corrected chi connectivity index (χ0v) is 19.4. The van der Waals surface area contributed by atoms with E-state index < -0.39 is 0 Å². The molecule has 0 aliphatic heterocycles. The van der Waals surface area contributed by atoms with Gasteiger partial charge < -0.3 is 0 Å². The van der Waals surface area contributed by atoms with Crippen LogP contribution in [0.25, 0.3) is 16.6 Å². The molecule has 0 N–H and O–H groups in total. The molecular weight excluding hydrogens is 372 g/mol. The number of rotatable bonds is 5. The van der Waals surface area contributed by atoms with Crippen molar-refractivity contribution in [2.24, 2.45) is 0 Å². The van der Waals surface area contributed by atoms with Crippen molar-refractivity contribution in [2.45, 2.75) is 33.3 Å². The fourth-order valence-electron chi connectivity index (χ4n) is 4.01. The van der Waals surface area contributed by atoms with Crippen molar-refractivity contribution in [3.05, 3.63) is 89.4 Å². The largest absolute Gasteiger partial charge is 0 e. The smallest absolute Gasteiger partial charge is 0 e. The topological polar surface area (TPSA) is 14.2 Å². The van der Waals surface area contributed by atoms with Gasteiger partial charge in [0, 0.05) is 1.43 Å². The van der Waals surface area contributed by atoms with E-state index in [0.717, 1.165) is 50.4 Å². The number of fused-ring (bicyclic) bond motifs is 1. The molecule has 0 atom stereocenters. The second kappa shape index (κ2) is 8.35. The summed E-state index contributed by atoms with van der Waals surface area (Å²) >= 11 is 0.932. The number of ether oxygens (including phenoxy) is 1. The summed E-state index contributed by atoms with van der Waals surface area (Å²) in [4.78, 5) is 0. The number of nitrogens with zero attached hydrogens (tertiary/aromatic N) is 1. The fraction of sp³-hybridized carbons (Fsp3) is 0.200. The van der Waals surface area contributed by atoms with Gasteiger partial charge in [0.1, 0.15) is 0 Å². The second-order valence-corrected chi connectivity index (χ2v) is 8.89. The van der Waals surface area contributed by atoms with Crippen LogP contribution < -0.4 is 7.55 Å². The van der Waals surface area contributed by atoms with Gasteiger partial charge in [0.25, 0.3) is 0 Å². The molecule has 29 heavy (non-hydrogen) atoms. The third-order valence-electron chi connectivity index (χ3n) is 5.43. The predicted octanol–water partition coefficient (Wildman–Crippen LogP) is 5.82. The number of hydrogen-bond acceptors (Lipinski definition) is 1. The van der Waals surface area contributed by atoms with Gasteiger partial charge in [-0.3, -0.25) is 0 Å². The maximum atomic E-state index is 13.9. The normalized spacial score (nSPS) is 11.4. The quantitative estimate of drug-likeness (QED) is 0.387. The Balaban J connectivity index is 0.00000256. The number of aromatic nitrogens is 1. The zero-order chi connectivity index (χ0) is 20.5. The third kappa shape index (κ3) is 4.00. The molecule has 1 heterocycles. The maximum absolute atomic E-state index is 13.9. The molecule has 3 aromatic carbocycles. The van der Waals surface area contributed by atoms with Crippen molar-refractivity contribution in [1.82, 2.24) is 4.57 Å². The molecule has 1 aromatic heterocycles. The molecule has 2 nitrogen and oxygen atoms in total. The van der Waals surface area contributed by atoms with E-state index in [9.17, 15) is 4.39 Å². The van der Waals surface area contributed by atoms with Crippen LogP contribution in [0.5, 0.6) is 5.75 Å². The summed E-state index contributed by atoms with van der Waals surface area (Å²) in [6.45, 7) is 6.80. The van der Waals surface area contributed by atoms with E-state index in [4.69, 9.17) is 4.74 Å². The van der Waals surface area contributed by atoms with E-state index in [1.54, 1.807) is 6.07 Å². The van der Waals surface area contributed by atoms with Gasteiger partial charge in [-0.25, -0.2) is 0 Å². The van der Waals surface area contributed by atoms with Gasteiger partial charge in [-0.2, -0.15) is 0 Å². The molecule has 0 saturated carbocycles. The number of benzene rings is 3. The van der Waals surface area contributed by atoms with Crippen LogP contribution in [0.3, 0.4) is 0 Å². The van der Waals surface area contributed by atoms with Crippen LogP contribution in [-0.4, -0.2) is 32.5 Å². The first-order valence-electron chi connectivity index (χ1n) is 10.0. The van der Waals surface area contributed by atoms with Crippen molar-refractivity contribution in [1.29, 1.82) is 0 Å². The molecule has 0 radical (unpaired) electrons. The van der Waals surface area contributed by atoms with E-state index in [1.165, 1.54) is 13.9 Å². The Morgan fingerprint density at radius 2 is 1.79 bits per heavy atom. The minimum Gasteiger partial charge on any atom is 0 e. The Hall–Kier alpha value is -2.07. The number of hydrogen-bond donors (Lipinski definition) is 0. The minimum atomic E-state index is -0.168. The van der Waals surface area contributed by atoms with E-state index in [1.807, 2.05) is 43.3 Å². The molecule has 0 aliphatic rings. The van der Waals surface area contributed by atoms with Crippen molar-refractivity contribution in [3.8, 4) is 11.4 Å². The molecule has 0 amide bonds. The van der Waals surface area contributed by atoms with Crippen LogP contribution in [0.15, 0.2) is 66.7 Å². The standard InChI is InChI=1S/C25H23FNO.Na.H2/c1-17(2)25-15-20-14-22(28-16-19-7-5-4-6-8-19)10-12-24(20)27(25)21-9-11-23(26)18(3)13-21;;/h4-14,17H,16H2,1-3H3;;1H. The summed E-state index contributed by atoms with van der Waals surface area (Å²) in [5.74, 6) is 1.08. The summed E-state index contributed by atoms with van der Waals surface area (Å²) in [7, 11) is 0. The molecule has 0 fully saturated rings. The minimum absolute atomic E-state index is 0. The Kier molecular flexibility index (Phi) is 5.82. The van der Waals surface area contributed by atoms with Crippen LogP contribution in [-0.2, 0) is 6.61 Å². The molecular formula is C25H25FNNaO. The number of halogens is 1. The average Bonchev–Trinajstić information content (AvgIpc) is 3.01. The zero-order valence-electron chi connectivity index (χ0n) is 17.4. The van der Waals surface area contributed by atoms with Gasteiger partial charge in [0.15, 0.2) is 0 Å². The molecule has 0 saturated heterocycles. The van der Waals surface area contributed by atoms with Crippen molar-refractivity contribution >= 4 is 41.6 Å². The van der Waals surface area contributed by atoms with E-state index in [0.29, 0.717) is 18.1 Å². The molecule has 144 valence electrons. The van der Waals surface area contributed by atoms with Crippen molar-refractivity contribution in [2.75, 3.05) is 0 Å². The summed E-state index contributed by atoms with van der Waals surface area (Å²) in [6.07, 6.45) is 0. The van der Waals surface area contributed by atoms with E-state index >= 15 is 0 Å². The molecule has 4 rings (SSSR count). The van der Waals surface area contributed by atoms with Crippen molar-refractivity contribution in [3.63, 3.8) is 0 Å². The second-order valence-electron chi connectivity index (χ2n) is 7.89. The Morgan fingerprint density at radius 1 is 1.03 bits per heavy atom. The van der Waals surface area contributed by atoms with Crippen LogP contribution >= 0.6 is 0 Å². The van der Waals surface area contributed by atoms with Crippen LogP contribution in [0.2, 0.25) is 0 Å².